The topological polar surface area (TPSA) is 21.3 Å². The summed E-state index contributed by atoms with van der Waals surface area (Å²) in [6.07, 6.45) is 9.32. The maximum atomic E-state index is 5.64. The fraction of sp³-hybridized carbons (Fsp3) is 0.500. The van der Waals surface area contributed by atoms with E-state index in [1.807, 2.05) is 19.2 Å². The lowest BCUT2D eigenvalue weighted by Crippen LogP contribution is -2.15. The van der Waals surface area contributed by atoms with E-state index in [0.717, 1.165) is 38.0 Å². The summed E-state index contributed by atoms with van der Waals surface area (Å²) in [4.78, 5) is 0. The van der Waals surface area contributed by atoms with Crippen LogP contribution < -0.4 is 10.1 Å². The highest BCUT2D eigenvalue weighted by molar-refractivity contribution is 5.29. The Hall–Kier alpha value is -1.46. The zero-order valence-corrected chi connectivity index (χ0v) is 11.4. The number of hydrogen-bond donors (Lipinski definition) is 1. The first kappa shape index (κ1) is 14.6. The standard InChI is InChI=1S/C16H23NO/c1-4-6-8-16(17-3)14-9-11-15(12-10-14)18-13-7-5-2/h1,9-12,16-17H,5-8,13H2,2-3H3. The second kappa shape index (κ2) is 8.60. The van der Waals surface area contributed by atoms with E-state index in [4.69, 9.17) is 11.2 Å². The molecular weight excluding hydrogens is 222 g/mol. The molecule has 0 heterocycles. The Balaban J connectivity index is 2.54. The molecule has 1 aromatic rings. The Morgan fingerprint density at radius 3 is 2.61 bits per heavy atom. The van der Waals surface area contributed by atoms with Gasteiger partial charge in [-0.05, 0) is 37.6 Å². The van der Waals surface area contributed by atoms with E-state index in [0.29, 0.717) is 6.04 Å². The molecule has 1 atom stereocenters. The summed E-state index contributed by atoms with van der Waals surface area (Å²) in [6.45, 7) is 2.96. The molecule has 1 unspecified atom stereocenters. The van der Waals surface area contributed by atoms with Crippen molar-refractivity contribution >= 4 is 0 Å². The van der Waals surface area contributed by atoms with Gasteiger partial charge in [0.25, 0.3) is 0 Å². The monoisotopic (exact) mass is 245 g/mol. The summed E-state index contributed by atoms with van der Waals surface area (Å²) in [5.41, 5.74) is 1.26. The average Bonchev–Trinajstić information content (AvgIpc) is 2.41. The molecule has 0 aliphatic rings. The van der Waals surface area contributed by atoms with Crippen LogP contribution in [0.4, 0.5) is 0 Å². The molecule has 2 heteroatoms. The average molecular weight is 245 g/mol. The van der Waals surface area contributed by atoms with Crippen LogP contribution in [-0.4, -0.2) is 13.7 Å². The van der Waals surface area contributed by atoms with Crippen LogP contribution in [0.3, 0.4) is 0 Å². The highest BCUT2D eigenvalue weighted by Gasteiger charge is 2.08. The molecule has 0 amide bonds. The first-order valence-electron chi connectivity index (χ1n) is 6.65. The van der Waals surface area contributed by atoms with E-state index in [1.54, 1.807) is 0 Å². The molecule has 1 N–H and O–H groups in total. The van der Waals surface area contributed by atoms with Crippen molar-refractivity contribution in [1.82, 2.24) is 5.32 Å². The van der Waals surface area contributed by atoms with Gasteiger partial charge in [0, 0.05) is 12.5 Å². The molecule has 0 spiro atoms. The third-order valence-electron chi connectivity index (χ3n) is 2.97. The first-order valence-corrected chi connectivity index (χ1v) is 6.65. The molecule has 0 aliphatic carbocycles. The highest BCUT2D eigenvalue weighted by Crippen LogP contribution is 2.21. The van der Waals surface area contributed by atoms with Gasteiger partial charge in [-0.25, -0.2) is 0 Å². The van der Waals surface area contributed by atoms with E-state index in [-0.39, 0.29) is 0 Å². The van der Waals surface area contributed by atoms with Gasteiger partial charge in [-0.1, -0.05) is 25.5 Å². The lowest BCUT2D eigenvalue weighted by atomic mass is 10.0. The normalized spacial score (nSPS) is 11.8. The van der Waals surface area contributed by atoms with Crippen molar-refractivity contribution in [3.05, 3.63) is 29.8 Å². The first-order chi connectivity index (χ1) is 8.81. The Kier molecular flexibility index (Phi) is 6.98. The van der Waals surface area contributed by atoms with Gasteiger partial charge in [0.15, 0.2) is 0 Å². The molecule has 0 radical (unpaired) electrons. The molecule has 18 heavy (non-hydrogen) atoms. The van der Waals surface area contributed by atoms with Crippen LogP contribution in [0.1, 0.15) is 44.2 Å². The maximum Gasteiger partial charge on any atom is 0.119 e. The minimum absolute atomic E-state index is 0.325. The van der Waals surface area contributed by atoms with Crippen molar-refractivity contribution in [1.29, 1.82) is 0 Å². The highest BCUT2D eigenvalue weighted by atomic mass is 16.5. The molecular formula is C16H23NO. The van der Waals surface area contributed by atoms with Gasteiger partial charge < -0.3 is 10.1 Å². The summed E-state index contributed by atoms with van der Waals surface area (Å²) < 4.78 is 5.64. The Morgan fingerprint density at radius 1 is 1.33 bits per heavy atom. The predicted molar refractivity (Wildman–Crippen MR) is 76.7 cm³/mol. The molecule has 0 fully saturated rings. The number of benzene rings is 1. The Bertz CT molecular complexity index is 364. The Labute approximate surface area is 111 Å². The van der Waals surface area contributed by atoms with Crippen molar-refractivity contribution < 1.29 is 4.74 Å². The molecule has 1 rings (SSSR count). The quantitative estimate of drug-likeness (QED) is 0.559. The lowest BCUT2D eigenvalue weighted by Gasteiger charge is -2.16. The predicted octanol–water partition coefficient (Wildman–Crippen LogP) is 3.54. The molecule has 2 nitrogen and oxygen atoms in total. The van der Waals surface area contributed by atoms with Gasteiger partial charge in [0.1, 0.15) is 5.75 Å². The Morgan fingerprint density at radius 2 is 2.06 bits per heavy atom. The van der Waals surface area contributed by atoms with Gasteiger partial charge in [0.05, 0.1) is 6.61 Å². The van der Waals surface area contributed by atoms with Crippen LogP contribution in [0.15, 0.2) is 24.3 Å². The van der Waals surface area contributed by atoms with Crippen LogP contribution in [0, 0.1) is 12.3 Å². The van der Waals surface area contributed by atoms with Crippen molar-refractivity contribution in [2.24, 2.45) is 0 Å². The largest absolute Gasteiger partial charge is 0.494 e. The van der Waals surface area contributed by atoms with Gasteiger partial charge in [-0.3, -0.25) is 0 Å². The van der Waals surface area contributed by atoms with Gasteiger partial charge >= 0.3 is 0 Å². The minimum Gasteiger partial charge on any atom is -0.494 e. The molecule has 98 valence electrons. The van der Waals surface area contributed by atoms with Gasteiger partial charge in [0.2, 0.25) is 0 Å². The van der Waals surface area contributed by atoms with E-state index < -0.39 is 0 Å². The van der Waals surface area contributed by atoms with Crippen molar-refractivity contribution in [2.75, 3.05) is 13.7 Å². The van der Waals surface area contributed by atoms with E-state index in [2.05, 4.69) is 30.3 Å². The summed E-state index contributed by atoms with van der Waals surface area (Å²) in [5.74, 6) is 3.63. The summed E-state index contributed by atoms with van der Waals surface area (Å²) in [7, 11) is 1.97. The number of nitrogens with one attached hydrogen (secondary N) is 1. The number of ether oxygens (including phenoxy) is 1. The fourth-order valence-corrected chi connectivity index (χ4v) is 1.84. The summed E-state index contributed by atoms with van der Waals surface area (Å²) in [6, 6.07) is 8.61. The fourth-order valence-electron chi connectivity index (χ4n) is 1.84. The second-order valence-corrected chi connectivity index (χ2v) is 4.36. The number of hydrogen-bond acceptors (Lipinski definition) is 2. The molecule has 0 aromatic heterocycles. The third kappa shape index (κ3) is 4.81. The van der Waals surface area contributed by atoms with E-state index in [1.165, 1.54) is 5.56 Å². The summed E-state index contributed by atoms with van der Waals surface area (Å²) >= 11 is 0. The zero-order chi connectivity index (χ0) is 13.2. The van der Waals surface area contributed by atoms with Crippen LogP contribution in [-0.2, 0) is 0 Å². The molecule has 0 saturated heterocycles. The molecule has 0 saturated carbocycles. The second-order valence-electron chi connectivity index (χ2n) is 4.36. The molecule has 0 bridgehead atoms. The van der Waals surface area contributed by atoms with E-state index >= 15 is 0 Å². The van der Waals surface area contributed by atoms with Crippen molar-refractivity contribution in [3.63, 3.8) is 0 Å². The SMILES string of the molecule is C#CCCC(NC)c1ccc(OCCCC)cc1. The van der Waals surface area contributed by atoms with E-state index in [9.17, 15) is 0 Å². The number of unbranched alkanes of at least 4 members (excludes halogenated alkanes) is 1. The van der Waals surface area contributed by atoms with Gasteiger partial charge in [-0.2, -0.15) is 0 Å². The van der Waals surface area contributed by atoms with Crippen LogP contribution in [0.25, 0.3) is 0 Å². The van der Waals surface area contributed by atoms with Crippen LogP contribution in [0.2, 0.25) is 0 Å². The number of terminal acetylenes is 1. The molecule has 1 aromatic carbocycles. The van der Waals surface area contributed by atoms with Crippen molar-refractivity contribution in [2.45, 2.75) is 38.6 Å². The van der Waals surface area contributed by atoms with Crippen LogP contribution >= 0.6 is 0 Å². The lowest BCUT2D eigenvalue weighted by molar-refractivity contribution is 0.309. The number of rotatable bonds is 8. The zero-order valence-electron chi connectivity index (χ0n) is 11.4. The maximum absolute atomic E-state index is 5.64. The smallest absolute Gasteiger partial charge is 0.119 e. The van der Waals surface area contributed by atoms with Gasteiger partial charge in [-0.15, -0.1) is 12.3 Å². The third-order valence-corrected chi connectivity index (χ3v) is 2.97. The van der Waals surface area contributed by atoms with Crippen LogP contribution in [0.5, 0.6) is 5.75 Å². The van der Waals surface area contributed by atoms with Crippen molar-refractivity contribution in [3.8, 4) is 18.1 Å². The summed E-state index contributed by atoms with van der Waals surface area (Å²) in [5, 5.41) is 3.29. The minimum atomic E-state index is 0.325. The molecule has 0 aliphatic heterocycles.